The van der Waals surface area contributed by atoms with Gasteiger partial charge in [-0.3, -0.25) is 4.79 Å². The van der Waals surface area contributed by atoms with Crippen molar-refractivity contribution in [2.45, 2.75) is 13.0 Å². The maximum Gasteiger partial charge on any atom is 0.287 e. The maximum absolute atomic E-state index is 11.9. The molecule has 5 heteroatoms. The highest BCUT2D eigenvalue weighted by atomic mass is 79.9. The Kier molecular flexibility index (Phi) is 3.72. The van der Waals surface area contributed by atoms with Gasteiger partial charge >= 0.3 is 0 Å². The summed E-state index contributed by atoms with van der Waals surface area (Å²) in [5.74, 6) is 0.0215. The molecule has 0 saturated carbocycles. The van der Waals surface area contributed by atoms with Crippen LogP contribution in [0.5, 0.6) is 0 Å². The third kappa shape index (κ3) is 2.92. The molecule has 0 fully saturated rings. The Labute approximate surface area is 113 Å². The van der Waals surface area contributed by atoms with Gasteiger partial charge in [-0.1, -0.05) is 12.1 Å². The van der Waals surface area contributed by atoms with E-state index in [0.717, 1.165) is 5.56 Å². The quantitative estimate of drug-likeness (QED) is 0.856. The zero-order chi connectivity index (χ0) is 13.1. The summed E-state index contributed by atoms with van der Waals surface area (Å²) < 4.78 is 5.72. The molecule has 0 aliphatic carbocycles. The van der Waals surface area contributed by atoms with Crippen LogP contribution in [-0.2, 0) is 0 Å². The van der Waals surface area contributed by atoms with E-state index in [1.54, 1.807) is 12.1 Å². The van der Waals surface area contributed by atoms with Crippen molar-refractivity contribution in [2.75, 3.05) is 5.73 Å². The van der Waals surface area contributed by atoms with Crippen LogP contribution in [0.3, 0.4) is 0 Å². The Balaban J connectivity index is 2.07. The summed E-state index contributed by atoms with van der Waals surface area (Å²) >= 11 is 3.16. The monoisotopic (exact) mass is 308 g/mol. The first kappa shape index (κ1) is 12.7. The van der Waals surface area contributed by atoms with Crippen molar-refractivity contribution in [2.24, 2.45) is 0 Å². The van der Waals surface area contributed by atoms with Gasteiger partial charge in [0.05, 0.1) is 6.04 Å². The van der Waals surface area contributed by atoms with Crippen molar-refractivity contribution >= 4 is 27.5 Å². The van der Waals surface area contributed by atoms with Crippen LogP contribution in [0.1, 0.15) is 29.1 Å². The van der Waals surface area contributed by atoms with Crippen LogP contribution in [0.4, 0.5) is 5.69 Å². The van der Waals surface area contributed by atoms with Gasteiger partial charge < -0.3 is 15.5 Å². The Morgan fingerprint density at radius 3 is 2.78 bits per heavy atom. The molecule has 1 aromatic carbocycles. The highest BCUT2D eigenvalue weighted by Gasteiger charge is 2.14. The van der Waals surface area contributed by atoms with E-state index in [4.69, 9.17) is 10.2 Å². The predicted molar refractivity (Wildman–Crippen MR) is 73.1 cm³/mol. The third-order valence-electron chi connectivity index (χ3n) is 2.56. The molecule has 3 N–H and O–H groups in total. The molecule has 2 rings (SSSR count). The largest absolute Gasteiger partial charge is 0.444 e. The van der Waals surface area contributed by atoms with Gasteiger partial charge in [0.1, 0.15) is 0 Å². The van der Waals surface area contributed by atoms with E-state index in [1.807, 2.05) is 31.2 Å². The van der Waals surface area contributed by atoms with Crippen molar-refractivity contribution in [3.05, 3.63) is 52.4 Å². The fraction of sp³-hybridized carbons (Fsp3) is 0.154. The van der Waals surface area contributed by atoms with E-state index >= 15 is 0 Å². The molecule has 0 radical (unpaired) electrons. The minimum Gasteiger partial charge on any atom is -0.444 e. The molecule has 0 spiro atoms. The lowest BCUT2D eigenvalue weighted by molar-refractivity contribution is 0.0910. The van der Waals surface area contributed by atoms with Gasteiger partial charge in [0.2, 0.25) is 0 Å². The van der Waals surface area contributed by atoms with Crippen LogP contribution in [0.2, 0.25) is 0 Å². The van der Waals surface area contributed by atoms with Crippen LogP contribution in [-0.4, -0.2) is 5.91 Å². The van der Waals surface area contributed by atoms with E-state index in [2.05, 4.69) is 21.2 Å². The number of benzene rings is 1. The number of hydrogen-bond acceptors (Lipinski definition) is 3. The standard InChI is InChI=1S/C13H13BrN2O2/c1-8(9-3-2-4-10(15)7-9)16-13(17)11-5-6-12(14)18-11/h2-8H,15H2,1H3,(H,16,17). The molecule has 1 amide bonds. The summed E-state index contributed by atoms with van der Waals surface area (Å²) in [6, 6.07) is 10.6. The van der Waals surface area contributed by atoms with Gasteiger partial charge in [-0.15, -0.1) is 0 Å². The highest BCUT2D eigenvalue weighted by molar-refractivity contribution is 9.10. The maximum atomic E-state index is 11.9. The number of halogens is 1. The van der Waals surface area contributed by atoms with Crippen LogP contribution in [0, 0.1) is 0 Å². The molecule has 0 aliphatic heterocycles. The van der Waals surface area contributed by atoms with Gasteiger partial charge in [-0.05, 0) is 52.7 Å². The van der Waals surface area contributed by atoms with Crippen molar-refractivity contribution < 1.29 is 9.21 Å². The average molecular weight is 309 g/mol. The number of nitrogen functional groups attached to an aromatic ring is 1. The number of carbonyl (C=O) groups is 1. The predicted octanol–water partition coefficient (Wildman–Crippen LogP) is 3.12. The average Bonchev–Trinajstić information content (AvgIpc) is 2.76. The molecule has 18 heavy (non-hydrogen) atoms. The number of anilines is 1. The summed E-state index contributed by atoms with van der Waals surface area (Å²) in [7, 11) is 0. The first-order chi connectivity index (χ1) is 8.56. The van der Waals surface area contributed by atoms with Gasteiger partial charge in [0.25, 0.3) is 5.91 Å². The molecule has 2 aromatic rings. The molecule has 0 bridgehead atoms. The van der Waals surface area contributed by atoms with Crippen molar-refractivity contribution in [3.8, 4) is 0 Å². The summed E-state index contributed by atoms with van der Waals surface area (Å²) in [6.07, 6.45) is 0. The van der Waals surface area contributed by atoms with E-state index in [1.165, 1.54) is 0 Å². The third-order valence-corrected chi connectivity index (χ3v) is 2.98. The lowest BCUT2D eigenvalue weighted by atomic mass is 10.1. The Morgan fingerprint density at radius 1 is 1.39 bits per heavy atom. The number of nitrogens with one attached hydrogen (secondary N) is 1. The summed E-state index contributed by atoms with van der Waals surface area (Å²) in [5.41, 5.74) is 7.33. The first-order valence-electron chi connectivity index (χ1n) is 5.48. The van der Waals surface area contributed by atoms with Crippen LogP contribution in [0.15, 0.2) is 45.5 Å². The molecular formula is C13H13BrN2O2. The highest BCUT2D eigenvalue weighted by Crippen LogP contribution is 2.18. The lowest BCUT2D eigenvalue weighted by Gasteiger charge is -2.13. The second-order valence-corrected chi connectivity index (χ2v) is 4.75. The van der Waals surface area contributed by atoms with Crippen LogP contribution in [0.25, 0.3) is 0 Å². The number of amides is 1. The van der Waals surface area contributed by atoms with Crippen molar-refractivity contribution in [1.82, 2.24) is 5.32 Å². The van der Waals surface area contributed by atoms with Gasteiger partial charge in [0, 0.05) is 5.69 Å². The minimum absolute atomic E-state index is 0.134. The summed E-state index contributed by atoms with van der Waals surface area (Å²) in [6.45, 7) is 1.89. The number of nitrogens with two attached hydrogens (primary N) is 1. The zero-order valence-corrected chi connectivity index (χ0v) is 11.4. The van der Waals surface area contributed by atoms with Crippen molar-refractivity contribution in [1.29, 1.82) is 0 Å². The fourth-order valence-electron chi connectivity index (χ4n) is 1.62. The summed E-state index contributed by atoms with van der Waals surface area (Å²) in [4.78, 5) is 11.9. The van der Waals surface area contributed by atoms with Gasteiger partial charge in [0.15, 0.2) is 10.4 Å². The number of furan rings is 1. The molecule has 1 atom stereocenters. The second kappa shape index (κ2) is 5.27. The molecule has 1 heterocycles. The summed E-state index contributed by atoms with van der Waals surface area (Å²) in [5, 5.41) is 2.84. The molecule has 1 unspecified atom stereocenters. The number of rotatable bonds is 3. The topological polar surface area (TPSA) is 68.3 Å². The second-order valence-electron chi connectivity index (χ2n) is 3.97. The van der Waals surface area contributed by atoms with Crippen LogP contribution >= 0.6 is 15.9 Å². The van der Waals surface area contributed by atoms with Gasteiger partial charge in [-0.2, -0.15) is 0 Å². The SMILES string of the molecule is CC(NC(=O)c1ccc(Br)o1)c1cccc(N)c1. The molecule has 1 aromatic heterocycles. The van der Waals surface area contributed by atoms with Gasteiger partial charge in [-0.25, -0.2) is 0 Å². The van der Waals surface area contributed by atoms with E-state index in [0.29, 0.717) is 10.4 Å². The Morgan fingerprint density at radius 2 is 2.17 bits per heavy atom. The number of hydrogen-bond donors (Lipinski definition) is 2. The molecular weight excluding hydrogens is 296 g/mol. The molecule has 0 aliphatic rings. The minimum atomic E-state index is -0.254. The smallest absolute Gasteiger partial charge is 0.287 e. The first-order valence-corrected chi connectivity index (χ1v) is 6.27. The normalized spacial score (nSPS) is 12.1. The van der Waals surface area contributed by atoms with Crippen molar-refractivity contribution in [3.63, 3.8) is 0 Å². The van der Waals surface area contributed by atoms with E-state index in [9.17, 15) is 4.79 Å². The lowest BCUT2D eigenvalue weighted by Crippen LogP contribution is -2.26. The number of carbonyl (C=O) groups excluding carboxylic acids is 1. The fourth-order valence-corrected chi connectivity index (χ4v) is 1.92. The van der Waals surface area contributed by atoms with E-state index < -0.39 is 0 Å². The van der Waals surface area contributed by atoms with Crippen LogP contribution < -0.4 is 11.1 Å². The molecule has 94 valence electrons. The Hall–Kier alpha value is -1.75. The zero-order valence-electron chi connectivity index (χ0n) is 9.81. The van der Waals surface area contributed by atoms with E-state index in [-0.39, 0.29) is 17.7 Å². The molecule has 0 saturated heterocycles. The molecule has 4 nitrogen and oxygen atoms in total. The Bertz CT molecular complexity index is 566.